The summed E-state index contributed by atoms with van der Waals surface area (Å²) in [6.45, 7) is 5.07. The van der Waals surface area contributed by atoms with Crippen molar-refractivity contribution in [2.45, 2.75) is 26.7 Å². The Hall–Kier alpha value is -3.29. The van der Waals surface area contributed by atoms with Crippen LogP contribution in [0.3, 0.4) is 0 Å². The average Bonchev–Trinajstić information content (AvgIpc) is 2.80. The van der Waals surface area contributed by atoms with Crippen LogP contribution in [0.25, 0.3) is 10.9 Å². The Labute approximate surface area is 180 Å². The summed E-state index contributed by atoms with van der Waals surface area (Å²) in [4.78, 5) is 31.9. The van der Waals surface area contributed by atoms with E-state index in [1.165, 1.54) is 12.0 Å². The van der Waals surface area contributed by atoms with Crippen molar-refractivity contribution < 1.29 is 23.8 Å². The smallest absolute Gasteiger partial charge is 0.261 e. The molecule has 0 unspecified atom stereocenters. The van der Waals surface area contributed by atoms with Crippen LogP contribution in [0, 0.1) is 0 Å². The van der Waals surface area contributed by atoms with E-state index in [4.69, 9.17) is 14.2 Å². The zero-order valence-electron chi connectivity index (χ0n) is 17.8. The summed E-state index contributed by atoms with van der Waals surface area (Å²) < 4.78 is 16.6. The van der Waals surface area contributed by atoms with Gasteiger partial charge in [-0.05, 0) is 37.6 Å². The van der Waals surface area contributed by atoms with Crippen molar-refractivity contribution in [2.24, 2.45) is 0 Å². The highest BCUT2D eigenvalue weighted by molar-refractivity contribution is 6.25. The molecule has 0 aliphatic carbocycles. The highest BCUT2D eigenvalue weighted by Gasteiger charge is 2.34. The predicted molar refractivity (Wildman–Crippen MR) is 115 cm³/mol. The molecule has 7 heteroatoms. The van der Waals surface area contributed by atoms with Gasteiger partial charge in [0, 0.05) is 30.4 Å². The minimum Gasteiger partial charge on any atom is -0.494 e. The van der Waals surface area contributed by atoms with Crippen LogP contribution in [0.5, 0.6) is 5.75 Å². The number of carbonyl (C=O) groups is 2. The molecule has 4 rings (SSSR count). The third-order valence-electron chi connectivity index (χ3n) is 5.25. The van der Waals surface area contributed by atoms with Crippen LogP contribution < -0.4 is 4.74 Å². The van der Waals surface area contributed by atoms with Gasteiger partial charge in [-0.15, -0.1) is 0 Å². The van der Waals surface area contributed by atoms with Gasteiger partial charge in [-0.1, -0.05) is 24.3 Å². The number of hydrogen-bond donors (Lipinski definition) is 0. The Morgan fingerprint density at radius 3 is 2.16 bits per heavy atom. The predicted octanol–water partition coefficient (Wildman–Crippen LogP) is 4.11. The Morgan fingerprint density at radius 2 is 1.55 bits per heavy atom. The molecule has 1 aliphatic heterocycles. The average molecular weight is 420 g/mol. The Kier molecular flexibility index (Phi) is 5.97. The van der Waals surface area contributed by atoms with Crippen molar-refractivity contribution in [3.63, 3.8) is 0 Å². The molecule has 2 amide bonds. The fraction of sp³-hybridized carbons (Fsp3) is 0.292. The van der Waals surface area contributed by atoms with Gasteiger partial charge in [-0.2, -0.15) is 0 Å². The molecule has 2 aromatic carbocycles. The number of hydrogen-bond acceptors (Lipinski definition) is 6. The summed E-state index contributed by atoms with van der Waals surface area (Å²) in [5, 5.41) is 0.541. The molecule has 1 aliphatic rings. The number of amides is 2. The zero-order valence-corrected chi connectivity index (χ0v) is 17.8. The number of methoxy groups -OCH3 is 1. The molecule has 0 radical (unpaired) electrons. The number of imide groups is 1. The lowest BCUT2D eigenvalue weighted by Crippen LogP contribution is -2.39. The molecule has 0 spiro atoms. The van der Waals surface area contributed by atoms with E-state index in [0.717, 1.165) is 11.1 Å². The molecule has 0 fully saturated rings. The van der Waals surface area contributed by atoms with Crippen LogP contribution >= 0.6 is 0 Å². The summed E-state index contributed by atoms with van der Waals surface area (Å²) in [5.74, 6) is -0.157. The highest BCUT2D eigenvalue weighted by atomic mass is 16.7. The third kappa shape index (κ3) is 3.78. The summed E-state index contributed by atoms with van der Waals surface area (Å²) in [6.07, 6.45) is 1.13. The number of aromatic nitrogens is 1. The first-order valence-corrected chi connectivity index (χ1v) is 10.2. The summed E-state index contributed by atoms with van der Waals surface area (Å²) in [6, 6.07) is 12.6. The molecular formula is C24H24N2O5. The van der Waals surface area contributed by atoms with E-state index in [1.807, 2.05) is 38.1 Å². The molecule has 160 valence electrons. The van der Waals surface area contributed by atoms with Crippen LogP contribution in [0.2, 0.25) is 0 Å². The van der Waals surface area contributed by atoms with E-state index in [1.54, 1.807) is 24.4 Å². The van der Waals surface area contributed by atoms with Crippen LogP contribution in [0.15, 0.2) is 48.7 Å². The SMILES string of the molecule is CCOC(OCC)c1ccc(CN2C(=O)c3ccnc4c(OC)ccc(c34)C2=O)cc1. The van der Waals surface area contributed by atoms with Crippen LogP contribution in [0.1, 0.15) is 52.0 Å². The molecule has 31 heavy (non-hydrogen) atoms. The maximum Gasteiger partial charge on any atom is 0.261 e. The molecule has 0 bridgehead atoms. The normalized spacial score (nSPS) is 13.4. The minimum absolute atomic E-state index is 0.168. The first-order valence-electron chi connectivity index (χ1n) is 10.2. The zero-order chi connectivity index (χ0) is 22.0. The summed E-state index contributed by atoms with van der Waals surface area (Å²) in [7, 11) is 1.54. The van der Waals surface area contributed by atoms with Gasteiger partial charge in [0.2, 0.25) is 0 Å². The van der Waals surface area contributed by atoms with Gasteiger partial charge in [-0.3, -0.25) is 19.5 Å². The van der Waals surface area contributed by atoms with Gasteiger partial charge >= 0.3 is 0 Å². The second-order valence-electron chi connectivity index (χ2n) is 7.08. The van der Waals surface area contributed by atoms with Crippen molar-refractivity contribution in [2.75, 3.05) is 20.3 Å². The van der Waals surface area contributed by atoms with Gasteiger partial charge in [-0.25, -0.2) is 0 Å². The van der Waals surface area contributed by atoms with Crippen molar-refractivity contribution >= 4 is 22.7 Å². The van der Waals surface area contributed by atoms with E-state index in [0.29, 0.717) is 41.0 Å². The lowest BCUT2D eigenvalue weighted by molar-refractivity contribution is -0.140. The maximum atomic E-state index is 13.2. The molecule has 2 heterocycles. The fourth-order valence-electron chi connectivity index (χ4n) is 3.80. The quantitative estimate of drug-likeness (QED) is 0.403. The molecule has 7 nitrogen and oxygen atoms in total. The van der Waals surface area contributed by atoms with Crippen molar-refractivity contribution in [1.29, 1.82) is 0 Å². The largest absolute Gasteiger partial charge is 0.494 e. The third-order valence-corrected chi connectivity index (χ3v) is 5.25. The molecule has 0 atom stereocenters. The number of carbonyl (C=O) groups excluding carboxylic acids is 2. The Bertz CT molecular complexity index is 1100. The van der Waals surface area contributed by atoms with Crippen LogP contribution in [-0.2, 0) is 16.0 Å². The van der Waals surface area contributed by atoms with E-state index >= 15 is 0 Å². The molecule has 0 saturated carbocycles. The molecule has 3 aromatic rings. The van der Waals surface area contributed by atoms with Gasteiger partial charge < -0.3 is 14.2 Å². The van der Waals surface area contributed by atoms with Gasteiger partial charge in [0.1, 0.15) is 11.3 Å². The highest BCUT2D eigenvalue weighted by Crippen LogP contribution is 2.34. The molecule has 0 N–H and O–H groups in total. The summed E-state index contributed by atoms with van der Waals surface area (Å²) in [5.41, 5.74) is 3.13. The summed E-state index contributed by atoms with van der Waals surface area (Å²) >= 11 is 0. The Morgan fingerprint density at radius 1 is 0.903 bits per heavy atom. The first-order chi connectivity index (χ1) is 15.1. The standard InChI is InChI=1S/C24H24N2O5/c1-4-30-24(31-5-2)16-8-6-15(7-9-16)14-26-22(27)17-10-11-19(29-3)21-20(17)18(23(26)28)12-13-25-21/h6-13,24H,4-5,14H2,1-3H3. The minimum atomic E-state index is -0.436. The molecule has 0 saturated heterocycles. The second-order valence-corrected chi connectivity index (χ2v) is 7.08. The number of ether oxygens (including phenoxy) is 3. The number of rotatable bonds is 8. The number of nitrogens with zero attached hydrogens (tertiary/aromatic N) is 2. The van der Waals surface area contributed by atoms with E-state index in [2.05, 4.69) is 4.98 Å². The number of pyridine rings is 1. The van der Waals surface area contributed by atoms with Crippen molar-refractivity contribution in [1.82, 2.24) is 9.88 Å². The van der Waals surface area contributed by atoms with Crippen LogP contribution in [0.4, 0.5) is 0 Å². The molecule has 1 aromatic heterocycles. The Balaban J connectivity index is 1.63. The van der Waals surface area contributed by atoms with E-state index < -0.39 is 6.29 Å². The van der Waals surface area contributed by atoms with E-state index in [9.17, 15) is 9.59 Å². The fourth-order valence-corrected chi connectivity index (χ4v) is 3.80. The second kappa shape index (κ2) is 8.83. The van der Waals surface area contributed by atoms with Gasteiger partial charge in [0.15, 0.2) is 6.29 Å². The number of benzene rings is 2. The first kappa shape index (κ1) is 21.0. The van der Waals surface area contributed by atoms with Crippen LogP contribution in [-0.4, -0.2) is 42.0 Å². The van der Waals surface area contributed by atoms with Crippen molar-refractivity contribution in [3.8, 4) is 5.75 Å². The monoisotopic (exact) mass is 420 g/mol. The molecular weight excluding hydrogens is 396 g/mol. The van der Waals surface area contributed by atoms with Gasteiger partial charge in [0.05, 0.1) is 24.8 Å². The van der Waals surface area contributed by atoms with Gasteiger partial charge in [0.25, 0.3) is 11.8 Å². The lowest BCUT2D eigenvalue weighted by atomic mass is 9.96. The topological polar surface area (TPSA) is 78.0 Å². The van der Waals surface area contributed by atoms with E-state index in [-0.39, 0.29) is 18.4 Å². The van der Waals surface area contributed by atoms with Crippen molar-refractivity contribution in [3.05, 3.63) is 70.9 Å². The maximum absolute atomic E-state index is 13.2. The lowest BCUT2D eigenvalue weighted by Gasteiger charge is -2.27.